The van der Waals surface area contributed by atoms with Crippen molar-refractivity contribution in [3.05, 3.63) is 35.5 Å². The molecule has 1 fully saturated rings. The van der Waals surface area contributed by atoms with E-state index in [4.69, 9.17) is 20.4 Å². The predicted molar refractivity (Wildman–Crippen MR) is 131 cm³/mol. The van der Waals surface area contributed by atoms with Crippen molar-refractivity contribution < 1.29 is 14.3 Å². The van der Waals surface area contributed by atoms with E-state index < -0.39 is 6.04 Å². The molecule has 0 radical (unpaired) electrons. The minimum absolute atomic E-state index is 0.0760. The lowest BCUT2D eigenvalue weighted by Crippen LogP contribution is -2.47. The van der Waals surface area contributed by atoms with Crippen LogP contribution in [0.3, 0.4) is 0 Å². The maximum Gasteiger partial charge on any atom is 0.319 e. The van der Waals surface area contributed by atoms with Gasteiger partial charge in [-0.25, -0.2) is 14.8 Å². The predicted octanol–water partition coefficient (Wildman–Crippen LogP) is 1.74. The Bertz CT molecular complexity index is 1040. The van der Waals surface area contributed by atoms with Crippen LogP contribution in [0, 0.1) is 0 Å². The molecule has 2 aliphatic heterocycles. The van der Waals surface area contributed by atoms with Crippen molar-refractivity contribution in [3.8, 4) is 11.4 Å². The Labute approximate surface area is 199 Å². The van der Waals surface area contributed by atoms with E-state index in [0.29, 0.717) is 50.8 Å². The highest BCUT2D eigenvalue weighted by Gasteiger charge is 2.31. The molecule has 10 nitrogen and oxygen atoms in total. The van der Waals surface area contributed by atoms with Gasteiger partial charge >= 0.3 is 6.03 Å². The number of aromatic nitrogens is 2. The van der Waals surface area contributed by atoms with Crippen molar-refractivity contribution in [1.29, 1.82) is 0 Å². The number of carbonyl (C=O) groups is 2. The molecule has 0 aliphatic carbocycles. The number of ether oxygens (including phenoxy) is 1. The Morgan fingerprint density at radius 3 is 2.68 bits per heavy atom. The fraction of sp³-hybridized carbons (Fsp3) is 0.500. The quantitative estimate of drug-likeness (QED) is 0.612. The molecule has 0 spiro atoms. The maximum atomic E-state index is 12.6. The molecular formula is C24H33N7O3. The Balaban J connectivity index is 1.69. The number of morpholine rings is 1. The van der Waals surface area contributed by atoms with Gasteiger partial charge in [0.1, 0.15) is 5.82 Å². The van der Waals surface area contributed by atoms with Gasteiger partial charge in [-0.3, -0.25) is 4.79 Å². The molecule has 1 saturated heterocycles. The van der Waals surface area contributed by atoms with Crippen molar-refractivity contribution in [3.63, 3.8) is 0 Å². The van der Waals surface area contributed by atoms with E-state index in [9.17, 15) is 9.59 Å². The van der Waals surface area contributed by atoms with Crippen LogP contribution < -0.4 is 21.3 Å². The number of hydrogen-bond acceptors (Lipinski definition) is 7. The first kappa shape index (κ1) is 23.9. The number of fused-ring (bicyclic) bond motifs is 1. The third kappa shape index (κ3) is 5.13. The smallest absolute Gasteiger partial charge is 0.319 e. The minimum Gasteiger partial charge on any atom is -0.377 e. The van der Waals surface area contributed by atoms with E-state index in [2.05, 4.69) is 22.5 Å². The zero-order chi connectivity index (χ0) is 24.2. The maximum absolute atomic E-state index is 12.6. The van der Waals surface area contributed by atoms with E-state index in [-0.39, 0.29) is 18.0 Å². The summed E-state index contributed by atoms with van der Waals surface area (Å²) in [7, 11) is 0. The summed E-state index contributed by atoms with van der Waals surface area (Å²) in [6.07, 6.45) is 0.683. The number of nitrogens with zero attached hydrogens (tertiary/aromatic N) is 4. The number of urea groups is 1. The number of rotatable bonds is 5. The number of nitrogens with one attached hydrogen (secondary N) is 2. The van der Waals surface area contributed by atoms with E-state index in [0.717, 1.165) is 29.2 Å². The SMILES string of the molecule is CCNC(=O)Nc1ccc(-c2nc3c(c(N4CCOC[C@@H]4C)n2)CCN(C(=O)[C@H](C)N)C3)cc1. The molecule has 4 rings (SSSR count). The summed E-state index contributed by atoms with van der Waals surface area (Å²) in [5.41, 5.74) is 9.31. The fourth-order valence-electron chi connectivity index (χ4n) is 4.33. The lowest BCUT2D eigenvalue weighted by molar-refractivity contribution is -0.133. The summed E-state index contributed by atoms with van der Waals surface area (Å²) in [5, 5.41) is 5.51. The lowest BCUT2D eigenvalue weighted by Gasteiger charge is -2.38. The first-order chi connectivity index (χ1) is 16.4. The first-order valence-electron chi connectivity index (χ1n) is 11.8. The minimum atomic E-state index is -0.549. The summed E-state index contributed by atoms with van der Waals surface area (Å²) in [6, 6.07) is 6.84. The van der Waals surface area contributed by atoms with Crippen molar-refractivity contribution in [2.45, 2.75) is 45.8 Å². The molecule has 3 heterocycles. The van der Waals surface area contributed by atoms with E-state index >= 15 is 0 Å². The average molecular weight is 468 g/mol. The fourth-order valence-corrected chi connectivity index (χ4v) is 4.33. The molecule has 2 atom stereocenters. The van der Waals surface area contributed by atoms with Gasteiger partial charge < -0.3 is 30.9 Å². The second-order valence-electron chi connectivity index (χ2n) is 8.77. The van der Waals surface area contributed by atoms with Gasteiger partial charge in [0.2, 0.25) is 5.91 Å². The molecule has 34 heavy (non-hydrogen) atoms. The van der Waals surface area contributed by atoms with Crippen LogP contribution in [0.2, 0.25) is 0 Å². The average Bonchev–Trinajstić information content (AvgIpc) is 2.83. The van der Waals surface area contributed by atoms with Gasteiger partial charge in [-0.1, -0.05) is 0 Å². The van der Waals surface area contributed by atoms with Crippen LogP contribution >= 0.6 is 0 Å². The molecule has 1 aromatic carbocycles. The number of benzene rings is 1. The highest BCUT2D eigenvalue weighted by molar-refractivity contribution is 5.89. The second kappa shape index (κ2) is 10.4. The van der Waals surface area contributed by atoms with Gasteiger partial charge in [-0.15, -0.1) is 0 Å². The Morgan fingerprint density at radius 2 is 2.00 bits per heavy atom. The van der Waals surface area contributed by atoms with Crippen LogP contribution in [0.1, 0.15) is 32.0 Å². The third-order valence-electron chi connectivity index (χ3n) is 6.12. The highest BCUT2D eigenvalue weighted by Crippen LogP contribution is 2.31. The third-order valence-corrected chi connectivity index (χ3v) is 6.12. The molecule has 0 saturated carbocycles. The van der Waals surface area contributed by atoms with E-state index in [1.54, 1.807) is 11.8 Å². The van der Waals surface area contributed by atoms with Crippen molar-refractivity contribution >= 4 is 23.4 Å². The Hall–Kier alpha value is -3.24. The summed E-state index contributed by atoms with van der Waals surface area (Å²) >= 11 is 0. The van der Waals surface area contributed by atoms with Crippen LogP contribution in [0.5, 0.6) is 0 Å². The Kier molecular flexibility index (Phi) is 7.28. The van der Waals surface area contributed by atoms with Gasteiger partial charge in [0.05, 0.1) is 37.5 Å². The van der Waals surface area contributed by atoms with E-state index in [1.807, 2.05) is 31.2 Å². The number of nitrogens with two attached hydrogens (primary N) is 1. The van der Waals surface area contributed by atoms with Crippen molar-refractivity contribution in [2.75, 3.05) is 43.1 Å². The second-order valence-corrected chi connectivity index (χ2v) is 8.77. The van der Waals surface area contributed by atoms with Gasteiger partial charge in [0, 0.05) is 36.4 Å². The normalized spacial score (nSPS) is 18.8. The summed E-state index contributed by atoms with van der Waals surface area (Å²) in [5.74, 6) is 1.42. The zero-order valence-electron chi connectivity index (χ0n) is 20.0. The van der Waals surface area contributed by atoms with Crippen LogP contribution in [-0.4, -0.2) is 71.7 Å². The van der Waals surface area contributed by atoms with Crippen LogP contribution in [0.4, 0.5) is 16.3 Å². The topological polar surface area (TPSA) is 126 Å². The standard InChI is InChI=1S/C24H33N7O3/c1-4-26-24(33)27-18-7-5-17(6-8-18)21-28-20-13-30(23(32)16(3)25)10-9-19(20)22(29-21)31-11-12-34-14-15(31)2/h5-8,15-16H,4,9-14,25H2,1-3H3,(H2,26,27,33)/t15-,16-/m0/s1. The van der Waals surface area contributed by atoms with Crippen LogP contribution in [0.25, 0.3) is 11.4 Å². The first-order valence-corrected chi connectivity index (χ1v) is 11.8. The Morgan fingerprint density at radius 1 is 1.24 bits per heavy atom. The van der Waals surface area contributed by atoms with Crippen molar-refractivity contribution in [2.24, 2.45) is 5.73 Å². The molecule has 1 aromatic heterocycles. The molecule has 2 aliphatic rings. The summed E-state index contributed by atoms with van der Waals surface area (Å²) in [6.45, 7) is 9.31. The van der Waals surface area contributed by atoms with Gasteiger partial charge in [-0.2, -0.15) is 0 Å². The molecule has 4 N–H and O–H groups in total. The number of anilines is 2. The van der Waals surface area contributed by atoms with Gasteiger partial charge in [0.25, 0.3) is 0 Å². The number of carbonyl (C=O) groups excluding carboxylic acids is 2. The molecule has 182 valence electrons. The number of hydrogen-bond donors (Lipinski definition) is 3. The monoisotopic (exact) mass is 467 g/mol. The molecule has 3 amide bonds. The summed E-state index contributed by atoms with van der Waals surface area (Å²) in [4.78, 5) is 38.3. The summed E-state index contributed by atoms with van der Waals surface area (Å²) < 4.78 is 5.64. The molecular weight excluding hydrogens is 434 g/mol. The largest absolute Gasteiger partial charge is 0.377 e. The van der Waals surface area contributed by atoms with E-state index in [1.165, 1.54) is 0 Å². The molecule has 2 aromatic rings. The lowest BCUT2D eigenvalue weighted by atomic mass is 10.0. The molecule has 0 bridgehead atoms. The number of amides is 3. The van der Waals surface area contributed by atoms with Gasteiger partial charge in [-0.05, 0) is 51.5 Å². The van der Waals surface area contributed by atoms with Crippen LogP contribution in [-0.2, 0) is 22.5 Å². The van der Waals surface area contributed by atoms with Crippen LogP contribution in [0.15, 0.2) is 24.3 Å². The zero-order valence-corrected chi connectivity index (χ0v) is 20.0. The van der Waals surface area contributed by atoms with Gasteiger partial charge in [0.15, 0.2) is 5.82 Å². The molecule has 10 heteroatoms. The highest BCUT2D eigenvalue weighted by atomic mass is 16.5. The molecule has 0 unspecified atom stereocenters. The van der Waals surface area contributed by atoms with Crippen molar-refractivity contribution in [1.82, 2.24) is 20.2 Å².